The number of carbonyl (C=O) groups is 1. The van der Waals surface area contributed by atoms with Gasteiger partial charge in [-0.25, -0.2) is 0 Å². The fourth-order valence-corrected chi connectivity index (χ4v) is 1.41. The Morgan fingerprint density at radius 1 is 0.929 bits per heavy atom. The van der Waals surface area contributed by atoms with Crippen molar-refractivity contribution < 1.29 is 9.90 Å². The molecular formula is C11H24O2Sn. The summed E-state index contributed by atoms with van der Waals surface area (Å²) in [4.78, 5) is 10.2. The van der Waals surface area contributed by atoms with Crippen LogP contribution in [0.15, 0.2) is 0 Å². The average molecular weight is 307 g/mol. The Morgan fingerprint density at radius 2 is 1.36 bits per heavy atom. The van der Waals surface area contributed by atoms with Crippen LogP contribution in [0.4, 0.5) is 0 Å². The van der Waals surface area contributed by atoms with Gasteiger partial charge < -0.3 is 5.11 Å². The fraction of sp³-hybridized carbons (Fsp3) is 0.909. The molecular weight excluding hydrogens is 283 g/mol. The number of carboxylic acids is 1. The first-order valence-electron chi connectivity index (χ1n) is 5.49. The summed E-state index contributed by atoms with van der Waals surface area (Å²) in [5.41, 5.74) is 0. The molecule has 0 bridgehead atoms. The molecule has 2 nitrogen and oxygen atoms in total. The molecule has 0 rings (SSSR count). The van der Waals surface area contributed by atoms with Crippen LogP contribution in [-0.2, 0) is 4.79 Å². The van der Waals surface area contributed by atoms with Crippen molar-refractivity contribution in [2.45, 2.75) is 64.7 Å². The van der Waals surface area contributed by atoms with E-state index in [0.29, 0.717) is 6.42 Å². The molecule has 0 spiro atoms. The zero-order chi connectivity index (χ0) is 9.94. The molecule has 84 valence electrons. The zero-order valence-corrected chi connectivity index (χ0v) is 13.5. The number of carboxylic acid groups (broad SMARTS) is 1. The van der Waals surface area contributed by atoms with Crippen LogP contribution in [0.1, 0.15) is 64.7 Å². The monoisotopic (exact) mass is 308 g/mol. The van der Waals surface area contributed by atoms with Crippen LogP contribution >= 0.6 is 0 Å². The topological polar surface area (TPSA) is 37.3 Å². The molecule has 0 aliphatic carbocycles. The maximum atomic E-state index is 10.2. The van der Waals surface area contributed by atoms with E-state index >= 15 is 0 Å². The Balaban J connectivity index is 0. The van der Waals surface area contributed by atoms with Gasteiger partial charge in [0.05, 0.1) is 0 Å². The maximum absolute atomic E-state index is 10.2. The summed E-state index contributed by atoms with van der Waals surface area (Å²) < 4.78 is 0. The number of hydrogen-bond acceptors (Lipinski definition) is 1. The molecule has 0 saturated heterocycles. The van der Waals surface area contributed by atoms with Gasteiger partial charge >= 0.3 is 29.9 Å². The molecule has 0 heterocycles. The third-order valence-electron chi connectivity index (χ3n) is 2.24. The second-order valence-corrected chi connectivity index (χ2v) is 3.62. The van der Waals surface area contributed by atoms with E-state index in [4.69, 9.17) is 5.11 Å². The van der Waals surface area contributed by atoms with Crippen LogP contribution < -0.4 is 0 Å². The predicted octanol–water partition coefficient (Wildman–Crippen LogP) is 2.69. The first-order valence-corrected chi connectivity index (χ1v) is 5.49. The Morgan fingerprint density at radius 3 is 1.79 bits per heavy atom. The number of hydrogen-bond donors (Lipinski definition) is 1. The number of rotatable bonds is 9. The second-order valence-electron chi connectivity index (χ2n) is 3.62. The van der Waals surface area contributed by atoms with Crippen LogP contribution in [0.3, 0.4) is 0 Å². The molecule has 0 amide bonds. The Labute approximate surface area is 104 Å². The van der Waals surface area contributed by atoms with Gasteiger partial charge in [-0.3, -0.25) is 4.79 Å². The molecule has 0 aromatic carbocycles. The summed E-state index contributed by atoms with van der Waals surface area (Å²) in [5.74, 6) is -0.661. The number of unbranched alkanes of at least 4 members (excludes halogenated alkanes) is 7. The molecule has 0 atom stereocenters. The molecule has 14 heavy (non-hydrogen) atoms. The Hall–Kier alpha value is 0.269. The van der Waals surface area contributed by atoms with Crippen molar-refractivity contribution >= 4 is 29.9 Å². The Bertz CT molecular complexity index is 126. The minimum absolute atomic E-state index is 0. The van der Waals surface area contributed by atoms with Crippen molar-refractivity contribution in [3.8, 4) is 0 Å². The Kier molecular flexibility index (Phi) is 15.8. The molecule has 0 aromatic rings. The summed E-state index contributed by atoms with van der Waals surface area (Å²) >= 11 is 0. The van der Waals surface area contributed by atoms with Crippen molar-refractivity contribution in [1.29, 1.82) is 0 Å². The van der Waals surface area contributed by atoms with Gasteiger partial charge in [0.1, 0.15) is 0 Å². The van der Waals surface area contributed by atoms with E-state index < -0.39 is 5.97 Å². The molecule has 2 radical (unpaired) electrons. The van der Waals surface area contributed by atoms with Crippen molar-refractivity contribution in [1.82, 2.24) is 0 Å². The van der Waals surface area contributed by atoms with Crippen LogP contribution in [0.5, 0.6) is 0 Å². The zero-order valence-electron chi connectivity index (χ0n) is 9.43. The third kappa shape index (κ3) is 14.8. The molecule has 0 saturated carbocycles. The predicted molar refractivity (Wildman–Crippen MR) is 63.4 cm³/mol. The SMILES string of the molecule is CCCCCCCCCCC(=O)O.[SnH2]. The number of aliphatic carboxylic acids is 1. The van der Waals surface area contributed by atoms with E-state index in [1.807, 2.05) is 0 Å². The van der Waals surface area contributed by atoms with Gasteiger partial charge in [-0.1, -0.05) is 51.9 Å². The van der Waals surface area contributed by atoms with Crippen molar-refractivity contribution in [3.05, 3.63) is 0 Å². The minimum atomic E-state index is -0.661. The average Bonchev–Trinajstić information content (AvgIpc) is 2.09. The standard InChI is InChI=1S/C11H22O2.Sn.2H/c1-2-3-4-5-6-7-8-9-10-11(12)13;;;/h2-10H2,1H3,(H,12,13);;;. The van der Waals surface area contributed by atoms with E-state index in [0.717, 1.165) is 12.8 Å². The van der Waals surface area contributed by atoms with Crippen molar-refractivity contribution in [2.24, 2.45) is 0 Å². The van der Waals surface area contributed by atoms with E-state index in [1.165, 1.54) is 38.5 Å². The van der Waals surface area contributed by atoms with E-state index in [9.17, 15) is 4.79 Å². The first-order chi connectivity index (χ1) is 6.27. The van der Waals surface area contributed by atoms with E-state index in [2.05, 4.69) is 6.92 Å². The summed E-state index contributed by atoms with van der Waals surface area (Å²) in [6.07, 6.45) is 10.1. The summed E-state index contributed by atoms with van der Waals surface area (Å²) in [6, 6.07) is 0. The summed E-state index contributed by atoms with van der Waals surface area (Å²) in [6.45, 7) is 2.22. The van der Waals surface area contributed by atoms with E-state index in [1.54, 1.807) is 0 Å². The fourth-order valence-electron chi connectivity index (χ4n) is 1.41. The van der Waals surface area contributed by atoms with Crippen molar-refractivity contribution in [3.63, 3.8) is 0 Å². The van der Waals surface area contributed by atoms with Gasteiger partial charge in [-0.2, -0.15) is 0 Å². The molecule has 0 fully saturated rings. The van der Waals surface area contributed by atoms with Crippen LogP contribution in [0, 0.1) is 0 Å². The van der Waals surface area contributed by atoms with E-state index in [-0.39, 0.29) is 23.9 Å². The van der Waals surface area contributed by atoms with Crippen LogP contribution in [0.25, 0.3) is 0 Å². The van der Waals surface area contributed by atoms with Gasteiger partial charge in [0.2, 0.25) is 0 Å². The second kappa shape index (κ2) is 13.3. The van der Waals surface area contributed by atoms with Gasteiger partial charge in [0.25, 0.3) is 0 Å². The van der Waals surface area contributed by atoms with Crippen molar-refractivity contribution in [2.75, 3.05) is 0 Å². The van der Waals surface area contributed by atoms with Crippen LogP contribution in [-0.4, -0.2) is 35.0 Å². The van der Waals surface area contributed by atoms with Gasteiger partial charge in [0.15, 0.2) is 0 Å². The summed E-state index contributed by atoms with van der Waals surface area (Å²) in [7, 11) is 0. The molecule has 0 unspecified atom stereocenters. The quantitative estimate of drug-likeness (QED) is 0.525. The summed E-state index contributed by atoms with van der Waals surface area (Å²) in [5, 5.41) is 8.39. The van der Waals surface area contributed by atoms with Crippen LogP contribution in [0.2, 0.25) is 0 Å². The molecule has 0 aliphatic rings. The molecule has 0 aliphatic heterocycles. The normalized spacial score (nSPS) is 9.50. The third-order valence-corrected chi connectivity index (χ3v) is 2.24. The molecule has 3 heteroatoms. The van der Waals surface area contributed by atoms with Gasteiger partial charge in [-0.15, -0.1) is 0 Å². The molecule has 0 aromatic heterocycles. The molecule has 1 N–H and O–H groups in total. The van der Waals surface area contributed by atoms with Gasteiger partial charge in [0, 0.05) is 6.42 Å². The first kappa shape index (κ1) is 16.7. The van der Waals surface area contributed by atoms with Gasteiger partial charge in [-0.05, 0) is 6.42 Å².